The minimum Gasteiger partial charge on any atom is -0.486 e. The first-order valence-corrected chi connectivity index (χ1v) is 10.6. The van der Waals surface area contributed by atoms with Gasteiger partial charge in [-0.05, 0) is 35.7 Å². The molecule has 3 amide bonds. The highest BCUT2D eigenvalue weighted by atomic mass is 35.5. The van der Waals surface area contributed by atoms with Crippen molar-refractivity contribution in [2.24, 2.45) is 0 Å². The molecule has 0 aliphatic carbocycles. The molecule has 3 aromatic rings. The molecule has 0 unspecified atom stereocenters. The van der Waals surface area contributed by atoms with E-state index in [4.69, 9.17) is 16.3 Å². The van der Waals surface area contributed by atoms with Gasteiger partial charge < -0.3 is 10.1 Å². The number of amides is 3. The number of anilines is 1. The van der Waals surface area contributed by atoms with Gasteiger partial charge >= 0.3 is 18.4 Å². The van der Waals surface area contributed by atoms with E-state index in [9.17, 15) is 35.9 Å². The van der Waals surface area contributed by atoms with Crippen LogP contribution in [-0.4, -0.2) is 16.9 Å². The summed E-state index contributed by atoms with van der Waals surface area (Å²) < 4.78 is 81.8. The summed E-state index contributed by atoms with van der Waals surface area (Å²) in [6.07, 6.45) is -8.62. The molecule has 7 nitrogen and oxygen atoms in total. The Kier molecular flexibility index (Phi) is 7.75. The van der Waals surface area contributed by atoms with Crippen molar-refractivity contribution < 1.29 is 40.7 Å². The highest BCUT2D eigenvalue weighted by molar-refractivity contribution is 7.12. The second-order valence-electron chi connectivity index (χ2n) is 6.66. The van der Waals surface area contributed by atoms with Gasteiger partial charge in [0.25, 0.3) is 5.91 Å². The van der Waals surface area contributed by atoms with Gasteiger partial charge in [0.1, 0.15) is 17.2 Å². The van der Waals surface area contributed by atoms with E-state index in [1.54, 1.807) is 0 Å². The monoisotopic (exact) mass is 538 g/mol. The molecule has 0 bridgehead atoms. The Hall–Kier alpha value is -3.52. The van der Waals surface area contributed by atoms with E-state index >= 15 is 0 Å². The molecule has 0 aliphatic rings. The molecule has 3 rings (SSSR count). The van der Waals surface area contributed by atoms with Crippen LogP contribution in [0.4, 0.5) is 36.8 Å². The van der Waals surface area contributed by atoms with Crippen LogP contribution >= 0.6 is 22.9 Å². The predicted octanol–water partition coefficient (Wildman–Crippen LogP) is 5.88. The number of hydrogen-bond acceptors (Lipinski definition) is 5. The van der Waals surface area contributed by atoms with Crippen molar-refractivity contribution in [3.8, 4) is 5.75 Å². The number of nitrogens with zero attached hydrogens (tertiary/aromatic N) is 1. The molecule has 0 saturated heterocycles. The number of benzene rings is 1. The lowest BCUT2D eigenvalue weighted by Gasteiger charge is -2.12. The average molecular weight is 539 g/mol. The van der Waals surface area contributed by atoms with E-state index in [-0.39, 0.29) is 33.6 Å². The van der Waals surface area contributed by atoms with Crippen LogP contribution in [0.2, 0.25) is 5.02 Å². The maximum absolute atomic E-state index is 12.8. The van der Waals surface area contributed by atoms with Crippen molar-refractivity contribution in [2.45, 2.75) is 19.0 Å². The molecular formula is C20H13ClF6N4O3S. The van der Waals surface area contributed by atoms with Gasteiger partial charge in [-0.25, -0.2) is 10.2 Å². The zero-order valence-electron chi connectivity index (χ0n) is 17.1. The summed E-state index contributed by atoms with van der Waals surface area (Å²) in [5.74, 6) is -0.786. The number of pyridine rings is 1. The number of ether oxygens (including phenoxy) is 1. The molecule has 186 valence electrons. The van der Waals surface area contributed by atoms with E-state index in [2.05, 4.69) is 15.7 Å². The average Bonchev–Trinajstić information content (AvgIpc) is 3.24. The van der Waals surface area contributed by atoms with Crippen molar-refractivity contribution in [1.29, 1.82) is 0 Å². The molecule has 0 radical (unpaired) electrons. The number of rotatable bonds is 5. The quantitative estimate of drug-likeness (QED) is 0.279. The van der Waals surface area contributed by atoms with Crippen LogP contribution in [0.25, 0.3) is 0 Å². The smallest absolute Gasteiger partial charge is 0.417 e. The molecule has 0 atom stereocenters. The summed E-state index contributed by atoms with van der Waals surface area (Å²) in [7, 11) is 0. The van der Waals surface area contributed by atoms with E-state index < -0.39 is 35.4 Å². The Balaban J connectivity index is 1.57. The van der Waals surface area contributed by atoms with E-state index in [0.717, 1.165) is 23.5 Å². The third-order valence-corrected chi connectivity index (χ3v) is 5.40. The number of nitrogens with one attached hydrogen (secondary N) is 3. The largest absolute Gasteiger partial charge is 0.486 e. The molecule has 3 N–H and O–H groups in total. The fourth-order valence-electron chi connectivity index (χ4n) is 2.56. The van der Waals surface area contributed by atoms with Crippen molar-refractivity contribution in [2.75, 3.05) is 5.32 Å². The number of hydrogen-bond donors (Lipinski definition) is 3. The lowest BCUT2D eigenvalue weighted by molar-refractivity contribution is -0.138. The summed E-state index contributed by atoms with van der Waals surface area (Å²) in [4.78, 5) is 27.9. The number of alkyl halides is 6. The number of hydrazine groups is 1. The van der Waals surface area contributed by atoms with Gasteiger partial charge in [0.2, 0.25) is 0 Å². The number of halogens is 7. The van der Waals surface area contributed by atoms with Crippen molar-refractivity contribution in [1.82, 2.24) is 15.8 Å². The third kappa shape index (κ3) is 6.99. The van der Waals surface area contributed by atoms with Crippen LogP contribution in [-0.2, 0) is 19.0 Å². The standard InChI is InChI=1S/C20H13ClF6N4O3S/c21-13-7-11(20(25,26)27)8-28-14(13)9-34-15-4-5-35-16(15)17(32)30-31-18(33)29-12-3-1-2-10(6-12)19(22,23)24/h1-8H,9H2,(H,30,32)(H2,29,31,33). The van der Waals surface area contributed by atoms with Gasteiger partial charge in [0.15, 0.2) is 0 Å². The normalized spacial score (nSPS) is 11.6. The summed E-state index contributed by atoms with van der Waals surface area (Å²) in [5, 5.41) is 3.34. The summed E-state index contributed by atoms with van der Waals surface area (Å²) >= 11 is 6.75. The van der Waals surface area contributed by atoms with Gasteiger partial charge in [-0.3, -0.25) is 15.2 Å². The Morgan fingerprint density at radius 3 is 2.37 bits per heavy atom. The van der Waals surface area contributed by atoms with Crippen molar-refractivity contribution >= 4 is 40.6 Å². The molecule has 0 aliphatic heterocycles. The number of urea groups is 1. The number of carbonyl (C=O) groups excluding carboxylic acids is 2. The van der Waals surface area contributed by atoms with E-state index in [1.807, 2.05) is 5.43 Å². The summed E-state index contributed by atoms with van der Waals surface area (Å²) in [6, 6.07) is 4.95. The Bertz CT molecular complexity index is 1230. The number of carbonyl (C=O) groups is 2. The maximum Gasteiger partial charge on any atom is 0.417 e. The molecule has 15 heteroatoms. The van der Waals surface area contributed by atoms with Crippen LogP contribution in [0.15, 0.2) is 48.0 Å². The molecule has 1 aromatic carbocycles. The third-order valence-electron chi connectivity index (χ3n) is 4.18. The van der Waals surface area contributed by atoms with Crippen molar-refractivity contribution in [3.63, 3.8) is 0 Å². The topological polar surface area (TPSA) is 92.4 Å². The molecule has 0 saturated carbocycles. The summed E-state index contributed by atoms with van der Waals surface area (Å²) in [6.45, 7) is -0.350. The van der Waals surface area contributed by atoms with Crippen molar-refractivity contribution in [3.05, 3.63) is 74.7 Å². The lowest BCUT2D eigenvalue weighted by Crippen LogP contribution is -2.43. The second kappa shape index (κ2) is 10.4. The van der Waals surface area contributed by atoms with Crippen LogP contribution in [0.5, 0.6) is 5.75 Å². The highest BCUT2D eigenvalue weighted by Gasteiger charge is 2.32. The Morgan fingerprint density at radius 2 is 1.71 bits per heavy atom. The van der Waals surface area contributed by atoms with Crippen LogP contribution < -0.4 is 20.9 Å². The minimum atomic E-state index is -4.62. The number of aromatic nitrogens is 1. The fourth-order valence-corrected chi connectivity index (χ4v) is 3.51. The van der Waals surface area contributed by atoms with Gasteiger partial charge in [-0.2, -0.15) is 26.3 Å². The van der Waals surface area contributed by atoms with Crippen LogP contribution in [0.1, 0.15) is 26.5 Å². The Labute approximate surface area is 202 Å². The molecule has 2 aromatic heterocycles. The van der Waals surface area contributed by atoms with Gasteiger partial charge in [0, 0.05) is 11.9 Å². The van der Waals surface area contributed by atoms with Crippen LogP contribution in [0.3, 0.4) is 0 Å². The fraction of sp³-hybridized carbons (Fsp3) is 0.150. The van der Waals surface area contributed by atoms with Gasteiger partial charge in [-0.1, -0.05) is 17.7 Å². The lowest BCUT2D eigenvalue weighted by atomic mass is 10.2. The van der Waals surface area contributed by atoms with Crippen LogP contribution in [0, 0.1) is 0 Å². The predicted molar refractivity (Wildman–Crippen MR) is 114 cm³/mol. The maximum atomic E-state index is 12.8. The van der Waals surface area contributed by atoms with Gasteiger partial charge in [-0.15, -0.1) is 11.3 Å². The first-order valence-electron chi connectivity index (χ1n) is 9.31. The summed E-state index contributed by atoms with van der Waals surface area (Å²) in [5.41, 5.74) is 1.89. The minimum absolute atomic E-state index is 0.00388. The molecule has 0 fully saturated rings. The number of thiophene rings is 1. The SMILES string of the molecule is O=C(NNC(=O)c1sccc1OCc1ncc(C(F)(F)F)cc1Cl)Nc1cccc(C(F)(F)F)c1. The van der Waals surface area contributed by atoms with E-state index in [1.165, 1.54) is 17.5 Å². The zero-order chi connectivity index (χ0) is 25.8. The van der Waals surface area contributed by atoms with Gasteiger partial charge in [0.05, 0.1) is 21.8 Å². The molecule has 2 heterocycles. The first-order chi connectivity index (χ1) is 16.3. The molecule has 0 spiro atoms. The zero-order valence-corrected chi connectivity index (χ0v) is 18.6. The highest BCUT2D eigenvalue weighted by Crippen LogP contribution is 2.32. The first kappa shape index (κ1) is 26.1. The molecular weight excluding hydrogens is 526 g/mol. The Morgan fingerprint density at radius 1 is 1.00 bits per heavy atom. The second-order valence-corrected chi connectivity index (χ2v) is 7.99. The molecule has 35 heavy (non-hydrogen) atoms. The van der Waals surface area contributed by atoms with E-state index in [0.29, 0.717) is 18.3 Å².